The van der Waals surface area contributed by atoms with Crippen LogP contribution in [-0.2, 0) is 6.54 Å². The molecule has 0 aromatic carbocycles. The van der Waals surface area contributed by atoms with Crippen molar-refractivity contribution in [1.29, 1.82) is 0 Å². The van der Waals surface area contributed by atoms with Gasteiger partial charge in [0.15, 0.2) is 0 Å². The molecular formula is C11H20N2. The summed E-state index contributed by atoms with van der Waals surface area (Å²) in [7, 11) is 0. The van der Waals surface area contributed by atoms with Crippen molar-refractivity contribution in [3.05, 3.63) is 24.0 Å². The summed E-state index contributed by atoms with van der Waals surface area (Å²) in [5.74, 6) is 0. The van der Waals surface area contributed by atoms with Crippen LogP contribution in [0.15, 0.2) is 18.5 Å². The quantitative estimate of drug-likeness (QED) is 0.737. The number of hydrogen-bond donors (Lipinski definition) is 1. The van der Waals surface area contributed by atoms with E-state index in [1.54, 1.807) is 0 Å². The molecule has 13 heavy (non-hydrogen) atoms. The number of nitrogens with one attached hydrogen (secondary N) is 1. The summed E-state index contributed by atoms with van der Waals surface area (Å²) in [6.07, 6.45) is 5.59. The predicted octanol–water partition coefficient (Wildman–Crippen LogP) is 2.57. The fourth-order valence-electron chi connectivity index (χ4n) is 1.54. The minimum atomic E-state index is 0.475. The monoisotopic (exact) mass is 180 g/mol. The summed E-state index contributed by atoms with van der Waals surface area (Å²) in [6.45, 7) is 8.70. The molecule has 0 saturated heterocycles. The van der Waals surface area contributed by atoms with Crippen molar-refractivity contribution in [3.63, 3.8) is 0 Å². The zero-order chi connectivity index (χ0) is 9.68. The third kappa shape index (κ3) is 2.88. The average molecular weight is 180 g/mol. The van der Waals surface area contributed by atoms with Crippen molar-refractivity contribution in [2.45, 2.75) is 39.8 Å². The molecule has 2 nitrogen and oxygen atoms in total. The normalized spacial score (nSPS) is 13.2. The fourth-order valence-corrected chi connectivity index (χ4v) is 1.54. The van der Waals surface area contributed by atoms with Gasteiger partial charge in [-0.2, -0.15) is 0 Å². The first-order chi connectivity index (χ1) is 6.27. The van der Waals surface area contributed by atoms with Gasteiger partial charge in [-0.25, -0.2) is 0 Å². The minimum absolute atomic E-state index is 0.475. The predicted molar refractivity (Wildman–Crippen MR) is 56.8 cm³/mol. The SMILES string of the molecule is CCCn1ccc([C@@H](C)NCC)c1. The molecule has 0 radical (unpaired) electrons. The lowest BCUT2D eigenvalue weighted by Crippen LogP contribution is -2.17. The van der Waals surface area contributed by atoms with Crippen LogP contribution in [0.5, 0.6) is 0 Å². The lowest BCUT2D eigenvalue weighted by molar-refractivity contribution is 0.594. The maximum absolute atomic E-state index is 3.40. The standard InChI is InChI=1S/C11H20N2/c1-4-7-13-8-6-11(9-13)10(3)12-5-2/h6,8-10,12H,4-5,7H2,1-3H3/t10-/m1/s1. The molecule has 1 aromatic heterocycles. The van der Waals surface area contributed by atoms with Crippen LogP contribution in [0.3, 0.4) is 0 Å². The molecule has 1 aromatic rings. The molecule has 0 aliphatic heterocycles. The van der Waals surface area contributed by atoms with Crippen molar-refractivity contribution >= 4 is 0 Å². The van der Waals surface area contributed by atoms with E-state index in [1.807, 2.05) is 0 Å². The van der Waals surface area contributed by atoms with E-state index in [4.69, 9.17) is 0 Å². The Morgan fingerprint density at radius 2 is 2.23 bits per heavy atom. The van der Waals surface area contributed by atoms with Crippen LogP contribution >= 0.6 is 0 Å². The van der Waals surface area contributed by atoms with Gasteiger partial charge in [-0.1, -0.05) is 13.8 Å². The van der Waals surface area contributed by atoms with Gasteiger partial charge in [-0.3, -0.25) is 0 Å². The van der Waals surface area contributed by atoms with Crippen molar-refractivity contribution in [3.8, 4) is 0 Å². The van der Waals surface area contributed by atoms with Crippen LogP contribution in [0.2, 0.25) is 0 Å². The molecule has 0 aliphatic rings. The molecule has 0 saturated carbocycles. The summed E-state index contributed by atoms with van der Waals surface area (Å²) >= 11 is 0. The summed E-state index contributed by atoms with van der Waals surface area (Å²) in [5.41, 5.74) is 1.38. The van der Waals surface area contributed by atoms with Gasteiger partial charge in [-0.15, -0.1) is 0 Å². The smallest absolute Gasteiger partial charge is 0.0306 e. The van der Waals surface area contributed by atoms with E-state index in [0.717, 1.165) is 13.1 Å². The highest BCUT2D eigenvalue weighted by Crippen LogP contribution is 2.12. The molecule has 0 unspecified atom stereocenters. The Bertz CT molecular complexity index is 240. The summed E-state index contributed by atoms with van der Waals surface area (Å²) < 4.78 is 2.25. The lowest BCUT2D eigenvalue weighted by Gasteiger charge is -2.09. The molecule has 0 aliphatic carbocycles. The molecule has 74 valence electrons. The largest absolute Gasteiger partial charge is 0.354 e. The second-order valence-electron chi connectivity index (χ2n) is 3.46. The van der Waals surface area contributed by atoms with Crippen molar-refractivity contribution < 1.29 is 0 Å². The Morgan fingerprint density at radius 3 is 2.85 bits per heavy atom. The first kappa shape index (κ1) is 10.3. The van der Waals surface area contributed by atoms with E-state index >= 15 is 0 Å². The van der Waals surface area contributed by atoms with Crippen LogP contribution in [0, 0.1) is 0 Å². The van der Waals surface area contributed by atoms with E-state index in [9.17, 15) is 0 Å². The lowest BCUT2D eigenvalue weighted by atomic mass is 10.2. The third-order valence-electron chi connectivity index (χ3n) is 2.27. The number of hydrogen-bond acceptors (Lipinski definition) is 1. The van der Waals surface area contributed by atoms with Crippen LogP contribution < -0.4 is 5.32 Å². The minimum Gasteiger partial charge on any atom is -0.354 e. The van der Waals surface area contributed by atoms with Crippen LogP contribution in [-0.4, -0.2) is 11.1 Å². The second-order valence-corrected chi connectivity index (χ2v) is 3.46. The molecule has 0 spiro atoms. The average Bonchev–Trinajstić information content (AvgIpc) is 2.54. The van der Waals surface area contributed by atoms with Crippen LogP contribution in [0.1, 0.15) is 38.8 Å². The van der Waals surface area contributed by atoms with E-state index in [1.165, 1.54) is 12.0 Å². The number of aromatic nitrogens is 1. The first-order valence-electron chi connectivity index (χ1n) is 5.17. The highest BCUT2D eigenvalue weighted by Gasteiger charge is 2.04. The Kier molecular flexibility index (Phi) is 4.03. The zero-order valence-electron chi connectivity index (χ0n) is 8.88. The Hall–Kier alpha value is -0.760. The van der Waals surface area contributed by atoms with E-state index in [-0.39, 0.29) is 0 Å². The van der Waals surface area contributed by atoms with Gasteiger partial charge in [0.2, 0.25) is 0 Å². The molecule has 1 atom stereocenters. The Morgan fingerprint density at radius 1 is 1.46 bits per heavy atom. The number of rotatable bonds is 5. The highest BCUT2D eigenvalue weighted by atomic mass is 15.0. The van der Waals surface area contributed by atoms with Crippen LogP contribution in [0.4, 0.5) is 0 Å². The van der Waals surface area contributed by atoms with E-state index < -0.39 is 0 Å². The fraction of sp³-hybridized carbons (Fsp3) is 0.636. The van der Waals surface area contributed by atoms with Crippen molar-refractivity contribution in [1.82, 2.24) is 9.88 Å². The molecule has 1 N–H and O–H groups in total. The van der Waals surface area contributed by atoms with E-state index in [0.29, 0.717) is 6.04 Å². The summed E-state index contributed by atoms with van der Waals surface area (Å²) in [4.78, 5) is 0. The highest BCUT2D eigenvalue weighted by molar-refractivity contribution is 5.14. The summed E-state index contributed by atoms with van der Waals surface area (Å²) in [5, 5.41) is 3.40. The number of aryl methyl sites for hydroxylation is 1. The van der Waals surface area contributed by atoms with E-state index in [2.05, 4.69) is 49.1 Å². The van der Waals surface area contributed by atoms with Gasteiger partial charge < -0.3 is 9.88 Å². The molecular weight excluding hydrogens is 160 g/mol. The molecule has 0 amide bonds. The molecule has 1 rings (SSSR count). The van der Waals surface area contributed by atoms with Gasteiger partial charge in [0.05, 0.1) is 0 Å². The van der Waals surface area contributed by atoms with Gasteiger partial charge in [0, 0.05) is 25.0 Å². The molecule has 0 bridgehead atoms. The maximum Gasteiger partial charge on any atom is 0.0306 e. The zero-order valence-corrected chi connectivity index (χ0v) is 8.88. The maximum atomic E-state index is 3.40. The van der Waals surface area contributed by atoms with Gasteiger partial charge in [0.1, 0.15) is 0 Å². The number of nitrogens with zero attached hydrogens (tertiary/aromatic N) is 1. The Labute approximate surface area is 81.0 Å². The molecule has 0 fully saturated rings. The van der Waals surface area contributed by atoms with Crippen molar-refractivity contribution in [2.24, 2.45) is 0 Å². The summed E-state index contributed by atoms with van der Waals surface area (Å²) in [6, 6.07) is 2.67. The molecule has 1 heterocycles. The molecule has 2 heteroatoms. The van der Waals surface area contributed by atoms with Gasteiger partial charge in [-0.05, 0) is 31.5 Å². The van der Waals surface area contributed by atoms with Gasteiger partial charge >= 0.3 is 0 Å². The third-order valence-corrected chi connectivity index (χ3v) is 2.27. The first-order valence-corrected chi connectivity index (χ1v) is 5.17. The Balaban J connectivity index is 2.56. The topological polar surface area (TPSA) is 17.0 Å². The van der Waals surface area contributed by atoms with Gasteiger partial charge in [0.25, 0.3) is 0 Å². The van der Waals surface area contributed by atoms with Crippen LogP contribution in [0.25, 0.3) is 0 Å². The van der Waals surface area contributed by atoms with Crippen molar-refractivity contribution in [2.75, 3.05) is 6.54 Å². The second kappa shape index (κ2) is 5.07.